The number of nitrogens with zero attached hydrogens (tertiary/aromatic N) is 3. The molecule has 0 fully saturated rings. The highest BCUT2D eigenvalue weighted by molar-refractivity contribution is 7.99. The summed E-state index contributed by atoms with van der Waals surface area (Å²) < 4.78 is 1.67. The van der Waals surface area contributed by atoms with E-state index < -0.39 is 0 Å². The summed E-state index contributed by atoms with van der Waals surface area (Å²) in [5.74, 6) is 0.763. The second-order valence-electron chi connectivity index (χ2n) is 5.40. The van der Waals surface area contributed by atoms with Crippen LogP contribution in [0.3, 0.4) is 0 Å². The third kappa shape index (κ3) is 3.68. The number of thioether (sulfide) groups is 1. The lowest BCUT2D eigenvalue weighted by Gasteiger charge is -2.10. The Kier molecular flexibility index (Phi) is 5.69. The fourth-order valence-electron chi connectivity index (χ4n) is 2.55. The Bertz CT molecular complexity index is 984. The molecule has 3 aromatic rings. The maximum atomic E-state index is 13.1. The first-order valence-electron chi connectivity index (χ1n) is 7.94. The summed E-state index contributed by atoms with van der Waals surface area (Å²) in [6.07, 6.45) is 3.00. The molecule has 0 N–H and O–H groups in total. The standard InChI is InChI=1S/C19H17N3OS2/c1-2-11-22-18(23)16-15(14-8-4-3-5-9-14)13-25-17(16)21-19(22)24-12-7-6-10-20/h2-5,8-9,13H,1,6-7,11-12H2. The summed E-state index contributed by atoms with van der Waals surface area (Å²) >= 11 is 3.01. The average Bonchev–Trinajstić information content (AvgIpc) is 3.06. The van der Waals surface area contributed by atoms with Crippen molar-refractivity contribution in [3.63, 3.8) is 0 Å². The Morgan fingerprint density at radius 3 is 2.88 bits per heavy atom. The number of hydrogen-bond acceptors (Lipinski definition) is 5. The van der Waals surface area contributed by atoms with Gasteiger partial charge in [-0.15, -0.1) is 17.9 Å². The lowest BCUT2D eigenvalue weighted by atomic mass is 10.1. The molecule has 0 aliphatic carbocycles. The Hall–Kier alpha value is -2.36. The van der Waals surface area contributed by atoms with Gasteiger partial charge >= 0.3 is 0 Å². The molecule has 0 atom stereocenters. The molecule has 0 saturated heterocycles. The maximum absolute atomic E-state index is 13.1. The molecule has 2 heterocycles. The number of allylic oxidation sites excluding steroid dienone is 1. The summed E-state index contributed by atoms with van der Waals surface area (Å²) in [5.41, 5.74) is 1.91. The summed E-state index contributed by atoms with van der Waals surface area (Å²) in [7, 11) is 0. The fraction of sp³-hybridized carbons (Fsp3) is 0.211. The molecule has 3 rings (SSSR count). The van der Waals surface area contributed by atoms with Crippen molar-refractivity contribution in [3.05, 3.63) is 58.7 Å². The predicted octanol–water partition coefficient (Wildman–Crippen LogP) is 4.71. The largest absolute Gasteiger partial charge is 0.283 e. The highest BCUT2D eigenvalue weighted by atomic mass is 32.2. The Balaban J connectivity index is 2.08. The van der Waals surface area contributed by atoms with Gasteiger partial charge in [0.1, 0.15) is 4.83 Å². The molecule has 0 unspecified atom stereocenters. The second kappa shape index (κ2) is 8.15. The fourth-order valence-corrected chi connectivity index (χ4v) is 4.49. The zero-order valence-corrected chi connectivity index (χ0v) is 15.3. The summed E-state index contributed by atoms with van der Waals surface area (Å²) in [4.78, 5) is 18.6. The molecule has 0 spiro atoms. The molecule has 1 aromatic carbocycles. The van der Waals surface area contributed by atoms with E-state index in [9.17, 15) is 4.79 Å². The normalized spacial score (nSPS) is 10.7. The van der Waals surface area contributed by atoms with E-state index in [2.05, 4.69) is 12.6 Å². The SMILES string of the molecule is C=CCn1c(SCCCC#N)nc2scc(-c3ccccc3)c2c1=O. The number of hydrogen-bond donors (Lipinski definition) is 0. The van der Waals surface area contributed by atoms with E-state index in [0.29, 0.717) is 23.5 Å². The lowest BCUT2D eigenvalue weighted by Crippen LogP contribution is -2.22. The van der Waals surface area contributed by atoms with Gasteiger partial charge in [-0.3, -0.25) is 9.36 Å². The highest BCUT2D eigenvalue weighted by Crippen LogP contribution is 2.32. The van der Waals surface area contributed by atoms with Gasteiger partial charge in [0.15, 0.2) is 5.16 Å². The van der Waals surface area contributed by atoms with Crippen LogP contribution in [-0.2, 0) is 6.54 Å². The second-order valence-corrected chi connectivity index (χ2v) is 7.32. The van der Waals surface area contributed by atoms with Crippen molar-refractivity contribution in [1.82, 2.24) is 9.55 Å². The minimum atomic E-state index is -0.0345. The van der Waals surface area contributed by atoms with Crippen LogP contribution in [0.5, 0.6) is 0 Å². The number of nitriles is 1. The number of rotatable bonds is 7. The maximum Gasteiger partial charge on any atom is 0.263 e. The van der Waals surface area contributed by atoms with Crippen molar-refractivity contribution < 1.29 is 0 Å². The van der Waals surface area contributed by atoms with Crippen molar-refractivity contribution in [3.8, 4) is 17.2 Å². The first kappa shape index (κ1) is 17.5. The lowest BCUT2D eigenvalue weighted by molar-refractivity contribution is 0.672. The van der Waals surface area contributed by atoms with Gasteiger partial charge in [0.25, 0.3) is 5.56 Å². The first-order chi connectivity index (χ1) is 12.3. The predicted molar refractivity (Wildman–Crippen MR) is 105 cm³/mol. The molecule has 4 nitrogen and oxygen atoms in total. The van der Waals surface area contributed by atoms with Gasteiger partial charge in [0, 0.05) is 29.7 Å². The van der Waals surface area contributed by atoms with Crippen LogP contribution in [0.25, 0.3) is 21.3 Å². The van der Waals surface area contributed by atoms with E-state index in [4.69, 9.17) is 10.2 Å². The van der Waals surface area contributed by atoms with E-state index in [1.165, 1.54) is 23.1 Å². The Labute approximate surface area is 154 Å². The molecule has 0 aliphatic rings. The van der Waals surface area contributed by atoms with Gasteiger partial charge in [0.2, 0.25) is 0 Å². The first-order valence-corrected chi connectivity index (χ1v) is 9.81. The van der Waals surface area contributed by atoms with E-state index in [0.717, 1.165) is 28.1 Å². The van der Waals surface area contributed by atoms with Crippen molar-refractivity contribution in [2.24, 2.45) is 0 Å². The van der Waals surface area contributed by atoms with Crippen LogP contribution in [0.2, 0.25) is 0 Å². The molecule has 126 valence electrons. The molecule has 2 aromatic heterocycles. The van der Waals surface area contributed by atoms with Gasteiger partial charge in [-0.25, -0.2) is 4.98 Å². The molecule has 0 amide bonds. The zero-order chi connectivity index (χ0) is 17.6. The zero-order valence-electron chi connectivity index (χ0n) is 13.6. The number of benzene rings is 1. The van der Waals surface area contributed by atoms with Crippen LogP contribution in [0.4, 0.5) is 0 Å². The Morgan fingerprint density at radius 2 is 2.16 bits per heavy atom. The molecule has 0 radical (unpaired) electrons. The average molecular weight is 367 g/mol. The van der Waals surface area contributed by atoms with E-state index in [1.54, 1.807) is 10.6 Å². The van der Waals surface area contributed by atoms with Crippen molar-refractivity contribution >= 4 is 33.3 Å². The molecular weight excluding hydrogens is 350 g/mol. The van der Waals surface area contributed by atoms with Crippen LogP contribution in [0.1, 0.15) is 12.8 Å². The molecule has 6 heteroatoms. The number of aromatic nitrogens is 2. The topological polar surface area (TPSA) is 58.7 Å². The van der Waals surface area contributed by atoms with Gasteiger partial charge in [-0.2, -0.15) is 5.26 Å². The number of fused-ring (bicyclic) bond motifs is 1. The van der Waals surface area contributed by atoms with Gasteiger partial charge in [-0.05, 0) is 12.0 Å². The summed E-state index contributed by atoms with van der Waals surface area (Å²) in [6.45, 7) is 4.18. The van der Waals surface area contributed by atoms with E-state index >= 15 is 0 Å². The minimum Gasteiger partial charge on any atom is -0.283 e. The van der Waals surface area contributed by atoms with E-state index in [1.807, 2.05) is 35.7 Å². The smallest absolute Gasteiger partial charge is 0.263 e. The van der Waals surface area contributed by atoms with Crippen molar-refractivity contribution in [2.45, 2.75) is 24.5 Å². The van der Waals surface area contributed by atoms with Gasteiger partial charge in [-0.1, -0.05) is 48.2 Å². The van der Waals surface area contributed by atoms with Crippen LogP contribution in [-0.4, -0.2) is 15.3 Å². The molecular formula is C19H17N3OS2. The summed E-state index contributed by atoms with van der Waals surface area (Å²) in [5, 5.41) is 12.0. The third-order valence-corrected chi connectivity index (χ3v) is 5.65. The van der Waals surface area contributed by atoms with Crippen LogP contribution in [0.15, 0.2) is 58.3 Å². The molecule has 25 heavy (non-hydrogen) atoms. The molecule has 0 saturated carbocycles. The minimum absolute atomic E-state index is 0.0345. The van der Waals surface area contributed by atoms with Crippen molar-refractivity contribution in [1.29, 1.82) is 5.26 Å². The molecule has 0 aliphatic heterocycles. The van der Waals surface area contributed by atoms with E-state index in [-0.39, 0.29) is 5.56 Å². The van der Waals surface area contributed by atoms with Gasteiger partial charge in [0.05, 0.1) is 11.5 Å². The van der Waals surface area contributed by atoms with Crippen LogP contribution in [0, 0.1) is 11.3 Å². The van der Waals surface area contributed by atoms with Crippen LogP contribution >= 0.6 is 23.1 Å². The summed E-state index contributed by atoms with van der Waals surface area (Å²) in [6, 6.07) is 12.0. The van der Waals surface area contributed by atoms with Gasteiger partial charge < -0.3 is 0 Å². The van der Waals surface area contributed by atoms with Crippen LogP contribution < -0.4 is 5.56 Å². The molecule has 0 bridgehead atoms. The number of thiophene rings is 1. The quantitative estimate of drug-likeness (QED) is 0.263. The third-order valence-electron chi connectivity index (χ3n) is 3.72. The highest BCUT2D eigenvalue weighted by Gasteiger charge is 2.16. The monoisotopic (exact) mass is 367 g/mol. The Morgan fingerprint density at radius 1 is 1.36 bits per heavy atom. The van der Waals surface area contributed by atoms with Crippen molar-refractivity contribution in [2.75, 3.05) is 5.75 Å². The number of unbranched alkanes of at least 4 members (excludes halogenated alkanes) is 1.